The van der Waals surface area contributed by atoms with Crippen molar-refractivity contribution < 1.29 is 13.3 Å². The minimum atomic E-state index is 0.645. The van der Waals surface area contributed by atoms with Crippen molar-refractivity contribution in [2.75, 3.05) is 9.80 Å². The van der Waals surface area contributed by atoms with E-state index in [0.717, 1.165) is 83.7 Å². The van der Waals surface area contributed by atoms with Gasteiger partial charge in [0.25, 0.3) is 0 Å². The van der Waals surface area contributed by atoms with E-state index in [0.29, 0.717) is 6.54 Å². The Balaban J connectivity index is 0.999. The number of aryl methyl sites for hydroxylation is 4. The molecule has 0 radical (unpaired) electrons. The lowest BCUT2D eigenvalue weighted by molar-refractivity contribution is 0.610. The normalized spacial score (nSPS) is 12.0. The van der Waals surface area contributed by atoms with Gasteiger partial charge in [-0.25, -0.2) is 0 Å². The van der Waals surface area contributed by atoms with Gasteiger partial charge < -0.3 is 31.9 Å². The van der Waals surface area contributed by atoms with E-state index >= 15 is 0 Å². The van der Waals surface area contributed by atoms with E-state index in [1.54, 1.807) is 0 Å². The predicted molar refractivity (Wildman–Crippen MR) is 249 cm³/mol. The molecule has 0 unspecified atom stereocenters. The molecule has 0 aliphatic carbocycles. The average molecular weight is 796 g/mol. The van der Waals surface area contributed by atoms with Crippen LogP contribution in [0.15, 0.2) is 178 Å². The Kier molecular flexibility index (Phi) is 7.68. The number of nitrogens with zero attached hydrogens (tertiary/aromatic N) is 5. The zero-order valence-electron chi connectivity index (χ0n) is 34.3. The predicted octanol–water partition coefficient (Wildman–Crippen LogP) is 14.5. The minimum Gasteiger partial charge on any atom is -0.462 e. The molecular formula is C53H41N5O3. The van der Waals surface area contributed by atoms with Gasteiger partial charge in [0.15, 0.2) is 0 Å². The van der Waals surface area contributed by atoms with E-state index in [4.69, 9.17) is 13.3 Å². The van der Waals surface area contributed by atoms with Crippen LogP contribution in [0, 0.1) is 13.8 Å². The summed E-state index contributed by atoms with van der Waals surface area (Å²) in [5.74, 6) is 0. The maximum atomic E-state index is 6.48. The Morgan fingerprint density at radius 2 is 0.918 bits per heavy atom. The summed E-state index contributed by atoms with van der Waals surface area (Å²) in [6, 6.07) is 45.1. The van der Waals surface area contributed by atoms with Gasteiger partial charge in [0.05, 0.1) is 39.6 Å². The van der Waals surface area contributed by atoms with E-state index < -0.39 is 0 Å². The summed E-state index contributed by atoms with van der Waals surface area (Å²) < 4.78 is 25.6. The highest BCUT2D eigenvalue weighted by Crippen LogP contribution is 2.48. The summed E-state index contributed by atoms with van der Waals surface area (Å²) in [6.07, 6.45) is 12.3. The Morgan fingerprint density at radius 1 is 0.410 bits per heavy atom. The molecule has 0 aliphatic rings. The van der Waals surface area contributed by atoms with E-state index in [2.05, 4.69) is 173 Å². The molecule has 0 atom stereocenters. The minimum absolute atomic E-state index is 0.645. The van der Waals surface area contributed by atoms with Crippen LogP contribution in [0.3, 0.4) is 0 Å². The third-order valence-corrected chi connectivity index (χ3v) is 12.4. The molecule has 0 bridgehead atoms. The average Bonchev–Trinajstić information content (AvgIpc) is 4.15. The summed E-state index contributed by atoms with van der Waals surface area (Å²) in [5, 5.41) is 6.59. The molecule has 61 heavy (non-hydrogen) atoms. The quantitative estimate of drug-likeness (QED) is 0.153. The van der Waals surface area contributed by atoms with Crippen LogP contribution in [0.2, 0.25) is 0 Å². The monoisotopic (exact) mass is 795 g/mol. The largest absolute Gasteiger partial charge is 0.462 e. The van der Waals surface area contributed by atoms with E-state index in [9.17, 15) is 0 Å². The first-order chi connectivity index (χ1) is 29.9. The number of benzene rings is 6. The Bertz CT molecular complexity index is 3580. The molecule has 0 N–H and O–H groups in total. The Morgan fingerprint density at radius 3 is 1.61 bits per heavy atom. The second-order valence-electron chi connectivity index (χ2n) is 16.3. The number of fused-ring (bicyclic) bond motifs is 6. The molecule has 6 aromatic carbocycles. The molecule has 0 amide bonds. The van der Waals surface area contributed by atoms with Gasteiger partial charge in [0.2, 0.25) is 0 Å². The number of aromatic nitrogens is 3. The summed E-state index contributed by atoms with van der Waals surface area (Å²) in [6.45, 7) is 4.92. The van der Waals surface area contributed by atoms with Crippen LogP contribution in [-0.4, -0.2) is 13.7 Å². The fourth-order valence-corrected chi connectivity index (χ4v) is 9.44. The van der Waals surface area contributed by atoms with Crippen LogP contribution in [0.25, 0.3) is 65.6 Å². The lowest BCUT2D eigenvalue weighted by atomic mass is 10.1. The van der Waals surface area contributed by atoms with Crippen molar-refractivity contribution in [1.82, 2.24) is 13.7 Å². The van der Waals surface area contributed by atoms with Crippen molar-refractivity contribution in [2.45, 2.75) is 20.4 Å². The van der Waals surface area contributed by atoms with Gasteiger partial charge in [-0.15, -0.1) is 0 Å². The Labute approximate surface area is 351 Å². The molecule has 296 valence electrons. The number of rotatable bonds is 8. The molecule has 8 heteroatoms. The number of para-hydroxylation sites is 3. The summed E-state index contributed by atoms with van der Waals surface area (Å²) in [4.78, 5) is 4.66. The number of hydrogen-bond donors (Lipinski definition) is 0. The summed E-state index contributed by atoms with van der Waals surface area (Å²) in [7, 11) is 4.26. The van der Waals surface area contributed by atoms with E-state index in [-0.39, 0.29) is 0 Å². The first-order valence-corrected chi connectivity index (χ1v) is 20.6. The topological polar surface area (TPSA) is 60.7 Å². The summed E-state index contributed by atoms with van der Waals surface area (Å²) in [5.41, 5.74) is 15.6. The van der Waals surface area contributed by atoms with Gasteiger partial charge in [-0.05, 0) is 80.1 Å². The van der Waals surface area contributed by atoms with Crippen molar-refractivity contribution in [1.29, 1.82) is 0 Å². The molecule has 0 saturated heterocycles. The highest BCUT2D eigenvalue weighted by atomic mass is 16.3. The van der Waals surface area contributed by atoms with Crippen molar-refractivity contribution >= 4 is 99.7 Å². The van der Waals surface area contributed by atoms with Crippen LogP contribution in [0.4, 0.5) is 34.1 Å². The zero-order valence-corrected chi connectivity index (χ0v) is 34.3. The standard InChI is InChI=1S/C53H41N5O3/c1-33-17-21-44-40(23-33)47(57(45-27-54(3)42-14-8-5-11-36(42)45)46-28-55(4)43-15-9-6-12-37(43)46)29-56(44)26-35-19-20-39-49(31-61-53(39)25-35)58(48-30-59-51-16-10-7-13-38(48)51)50-32-60-52-22-18-34(2)24-41(50)52/h5-25,27-32H,26H2,1-4H3. The molecular weight excluding hydrogens is 755 g/mol. The second kappa shape index (κ2) is 13.3. The van der Waals surface area contributed by atoms with Gasteiger partial charge >= 0.3 is 0 Å². The van der Waals surface area contributed by atoms with Gasteiger partial charge in [-0.3, -0.25) is 4.90 Å². The van der Waals surface area contributed by atoms with Gasteiger partial charge in [0.1, 0.15) is 35.5 Å². The maximum absolute atomic E-state index is 6.48. The molecule has 8 nitrogen and oxygen atoms in total. The lowest BCUT2D eigenvalue weighted by Crippen LogP contribution is -2.09. The lowest BCUT2D eigenvalue weighted by Gasteiger charge is -2.23. The Hall–Kier alpha value is -7.84. The van der Waals surface area contributed by atoms with Crippen LogP contribution in [0.5, 0.6) is 0 Å². The van der Waals surface area contributed by atoms with Crippen LogP contribution in [-0.2, 0) is 20.6 Å². The van der Waals surface area contributed by atoms with Crippen molar-refractivity contribution in [3.05, 3.63) is 181 Å². The fraction of sp³-hybridized carbons (Fsp3) is 0.0943. The molecule has 0 fully saturated rings. The second-order valence-corrected chi connectivity index (χ2v) is 16.3. The number of furan rings is 3. The number of hydrogen-bond acceptors (Lipinski definition) is 5. The third-order valence-electron chi connectivity index (χ3n) is 12.4. The summed E-state index contributed by atoms with van der Waals surface area (Å²) >= 11 is 0. The number of anilines is 6. The first kappa shape index (κ1) is 35.1. The highest BCUT2D eigenvalue weighted by molar-refractivity contribution is 6.10. The molecule has 0 spiro atoms. The van der Waals surface area contributed by atoms with E-state index in [1.807, 2.05) is 43.1 Å². The van der Waals surface area contributed by atoms with Gasteiger partial charge in [0, 0.05) is 82.6 Å². The van der Waals surface area contributed by atoms with Crippen LogP contribution >= 0.6 is 0 Å². The van der Waals surface area contributed by atoms with Gasteiger partial charge in [-0.1, -0.05) is 77.9 Å². The van der Waals surface area contributed by atoms with Gasteiger partial charge in [-0.2, -0.15) is 0 Å². The molecule has 0 aliphatic heterocycles. The maximum Gasteiger partial charge on any atom is 0.136 e. The molecule has 12 rings (SSSR count). The third kappa shape index (κ3) is 5.45. The van der Waals surface area contributed by atoms with Crippen molar-refractivity contribution in [3.8, 4) is 0 Å². The molecule has 6 heterocycles. The SMILES string of the molecule is Cc1ccc2occ(N(c3coc4ccccc34)c3coc4cc(Cn5cc(N(c6cn(C)c7ccccc67)c6cn(C)c7ccccc67)c6cc(C)ccc65)ccc34)c2c1. The zero-order chi connectivity index (χ0) is 40.9. The van der Waals surface area contributed by atoms with Crippen LogP contribution < -0.4 is 9.80 Å². The molecule has 6 aromatic heterocycles. The molecule has 0 saturated carbocycles. The van der Waals surface area contributed by atoms with E-state index in [1.165, 1.54) is 32.8 Å². The molecule has 12 aromatic rings. The fourth-order valence-electron chi connectivity index (χ4n) is 9.44. The highest BCUT2D eigenvalue weighted by Gasteiger charge is 2.27. The van der Waals surface area contributed by atoms with Crippen LogP contribution in [0.1, 0.15) is 16.7 Å². The first-order valence-electron chi connectivity index (χ1n) is 20.6. The van der Waals surface area contributed by atoms with Crippen molar-refractivity contribution in [2.24, 2.45) is 14.1 Å². The van der Waals surface area contributed by atoms with Crippen molar-refractivity contribution in [3.63, 3.8) is 0 Å². The smallest absolute Gasteiger partial charge is 0.136 e.